The van der Waals surface area contributed by atoms with Gasteiger partial charge in [-0.2, -0.15) is 4.52 Å². The van der Waals surface area contributed by atoms with Crippen LogP contribution in [0.25, 0.3) is 17.0 Å². The zero-order chi connectivity index (χ0) is 22.0. The minimum Gasteiger partial charge on any atom is -0.475 e. The molecule has 0 saturated heterocycles. The molecule has 2 aromatic carbocycles. The quantitative estimate of drug-likeness (QED) is 0.436. The van der Waals surface area contributed by atoms with Crippen molar-refractivity contribution in [3.63, 3.8) is 0 Å². The molecular formula is C23H23N5O3S. The second kappa shape index (κ2) is 8.68. The fraction of sp³-hybridized carbons (Fsp3) is 0.261. The van der Waals surface area contributed by atoms with Crippen LogP contribution < -0.4 is 9.46 Å². The Labute approximate surface area is 186 Å². The summed E-state index contributed by atoms with van der Waals surface area (Å²) in [6.07, 6.45) is 4.22. The number of hydrogen-bond acceptors (Lipinski definition) is 6. The van der Waals surface area contributed by atoms with Gasteiger partial charge in [-0.25, -0.2) is 13.1 Å². The Balaban J connectivity index is 1.24. The minimum absolute atomic E-state index is 0.132. The van der Waals surface area contributed by atoms with E-state index in [4.69, 9.17) is 4.74 Å². The molecule has 1 N–H and O–H groups in total. The lowest BCUT2D eigenvalue weighted by Crippen LogP contribution is -2.28. The summed E-state index contributed by atoms with van der Waals surface area (Å²) in [7, 11) is -3.59. The number of benzene rings is 2. The number of rotatable bonds is 7. The molecule has 0 fully saturated rings. The molecule has 1 aliphatic rings. The predicted molar refractivity (Wildman–Crippen MR) is 120 cm³/mol. The van der Waals surface area contributed by atoms with Crippen molar-refractivity contribution in [3.8, 4) is 17.3 Å². The van der Waals surface area contributed by atoms with Crippen LogP contribution in [0.3, 0.4) is 0 Å². The number of aryl methyl sites for hydroxylation is 2. The van der Waals surface area contributed by atoms with Gasteiger partial charge >= 0.3 is 0 Å². The number of nitrogens with zero attached hydrogens (tertiary/aromatic N) is 4. The van der Waals surface area contributed by atoms with Crippen molar-refractivity contribution in [1.29, 1.82) is 0 Å². The zero-order valence-electron chi connectivity index (χ0n) is 17.4. The average molecular weight is 450 g/mol. The van der Waals surface area contributed by atoms with E-state index < -0.39 is 10.0 Å². The molecule has 9 heteroatoms. The van der Waals surface area contributed by atoms with Gasteiger partial charge in [0.25, 0.3) is 0 Å². The van der Waals surface area contributed by atoms with Gasteiger partial charge in [0.1, 0.15) is 6.61 Å². The van der Waals surface area contributed by atoms with Gasteiger partial charge in [0.2, 0.25) is 15.9 Å². The largest absolute Gasteiger partial charge is 0.475 e. The van der Waals surface area contributed by atoms with Crippen LogP contribution in [0.2, 0.25) is 0 Å². The first-order chi connectivity index (χ1) is 15.6. The maximum atomic E-state index is 12.7. The molecule has 0 amide bonds. The Morgan fingerprint density at radius 3 is 2.59 bits per heavy atom. The molecule has 164 valence electrons. The Kier molecular flexibility index (Phi) is 5.59. The summed E-state index contributed by atoms with van der Waals surface area (Å²) in [6, 6.07) is 18.5. The second-order valence-corrected chi connectivity index (χ2v) is 9.48. The lowest BCUT2D eigenvalue weighted by molar-refractivity contribution is 0.306. The fourth-order valence-electron chi connectivity index (χ4n) is 3.91. The van der Waals surface area contributed by atoms with E-state index >= 15 is 0 Å². The summed E-state index contributed by atoms with van der Waals surface area (Å²) in [5, 5.41) is 12.8. The summed E-state index contributed by atoms with van der Waals surface area (Å²) in [5.74, 6) is 0.974. The highest BCUT2D eigenvalue weighted by molar-refractivity contribution is 7.89. The topological polar surface area (TPSA) is 98.5 Å². The van der Waals surface area contributed by atoms with Crippen molar-refractivity contribution in [1.82, 2.24) is 24.5 Å². The van der Waals surface area contributed by atoms with E-state index in [-0.39, 0.29) is 13.2 Å². The maximum absolute atomic E-state index is 12.7. The van der Waals surface area contributed by atoms with Gasteiger partial charge in [-0.3, -0.25) is 0 Å². The van der Waals surface area contributed by atoms with E-state index in [9.17, 15) is 8.42 Å². The Morgan fingerprint density at radius 1 is 0.938 bits per heavy atom. The van der Waals surface area contributed by atoms with E-state index in [2.05, 4.69) is 20.0 Å². The zero-order valence-corrected chi connectivity index (χ0v) is 18.3. The molecule has 8 nitrogen and oxygen atoms in total. The van der Waals surface area contributed by atoms with Crippen LogP contribution in [0.15, 0.2) is 65.6 Å². The maximum Gasteiger partial charge on any atom is 0.240 e. The molecule has 5 rings (SSSR count). The molecule has 1 aliphatic carbocycles. The minimum atomic E-state index is -3.59. The van der Waals surface area contributed by atoms with Crippen LogP contribution in [0.1, 0.15) is 24.0 Å². The average Bonchev–Trinajstić information content (AvgIpc) is 3.25. The molecule has 2 heterocycles. The Bertz CT molecular complexity index is 1350. The summed E-state index contributed by atoms with van der Waals surface area (Å²) >= 11 is 0. The first-order valence-electron chi connectivity index (χ1n) is 10.6. The lowest BCUT2D eigenvalue weighted by Gasteiger charge is -2.16. The molecule has 0 atom stereocenters. The molecule has 0 aliphatic heterocycles. The Morgan fingerprint density at radius 2 is 1.75 bits per heavy atom. The van der Waals surface area contributed by atoms with Crippen molar-refractivity contribution in [2.45, 2.75) is 30.6 Å². The first-order valence-corrected chi connectivity index (χ1v) is 12.1. The van der Waals surface area contributed by atoms with Gasteiger partial charge < -0.3 is 4.74 Å². The van der Waals surface area contributed by atoms with Crippen molar-refractivity contribution in [2.75, 3.05) is 13.2 Å². The molecule has 0 saturated carbocycles. The first kappa shape index (κ1) is 20.6. The highest BCUT2D eigenvalue weighted by Gasteiger charge is 2.17. The van der Waals surface area contributed by atoms with E-state index in [1.54, 1.807) is 28.8 Å². The standard InChI is InChI=1S/C23H23N5O3S/c29-32(30,20-11-10-17-6-4-5-9-19(17)16-20)24-14-15-31-22-13-12-21-25-26-23(28(21)27-22)18-7-2-1-3-8-18/h1-3,7-8,10-13,16,24H,4-6,9,14-15H2. The van der Waals surface area contributed by atoms with E-state index in [0.29, 0.717) is 22.2 Å². The molecule has 0 spiro atoms. The molecule has 4 aromatic rings. The molecule has 0 bridgehead atoms. The van der Waals surface area contributed by atoms with Gasteiger partial charge in [-0.15, -0.1) is 15.3 Å². The number of aromatic nitrogens is 4. The van der Waals surface area contributed by atoms with Crippen molar-refractivity contribution in [3.05, 3.63) is 71.8 Å². The molecule has 0 unspecified atom stereocenters. The third-order valence-electron chi connectivity index (χ3n) is 5.54. The van der Waals surface area contributed by atoms with Crippen LogP contribution in [0, 0.1) is 0 Å². The van der Waals surface area contributed by atoms with Crippen LogP contribution in [0.5, 0.6) is 5.88 Å². The van der Waals surface area contributed by atoms with Gasteiger partial charge in [0.15, 0.2) is 11.5 Å². The highest BCUT2D eigenvalue weighted by Crippen LogP contribution is 2.24. The smallest absolute Gasteiger partial charge is 0.240 e. The van der Waals surface area contributed by atoms with E-state index in [0.717, 1.165) is 36.8 Å². The van der Waals surface area contributed by atoms with Crippen LogP contribution >= 0.6 is 0 Å². The number of sulfonamides is 1. The summed E-state index contributed by atoms with van der Waals surface area (Å²) in [4.78, 5) is 0.301. The number of fused-ring (bicyclic) bond motifs is 2. The summed E-state index contributed by atoms with van der Waals surface area (Å²) < 4.78 is 35.2. The predicted octanol–water partition coefficient (Wildman–Crippen LogP) is 3.03. The Hall–Kier alpha value is -3.30. The van der Waals surface area contributed by atoms with Crippen molar-refractivity contribution in [2.24, 2.45) is 0 Å². The molecular weight excluding hydrogens is 426 g/mol. The fourth-order valence-corrected chi connectivity index (χ4v) is 4.97. The molecule has 32 heavy (non-hydrogen) atoms. The normalized spacial score (nSPS) is 13.8. The van der Waals surface area contributed by atoms with Gasteiger partial charge in [-0.1, -0.05) is 36.4 Å². The molecule has 2 aromatic heterocycles. The number of hydrogen-bond donors (Lipinski definition) is 1. The second-order valence-electron chi connectivity index (χ2n) is 7.72. The van der Waals surface area contributed by atoms with E-state index in [1.165, 1.54) is 5.56 Å². The lowest BCUT2D eigenvalue weighted by atomic mass is 9.92. The van der Waals surface area contributed by atoms with Crippen LogP contribution in [-0.2, 0) is 22.9 Å². The third-order valence-corrected chi connectivity index (χ3v) is 7.00. The number of ether oxygens (including phenoxy) is 1. The van der Waals surface area contributed by atoms with Gasteiger partial charge in [0.05, 0.1) is 4.90 Å². The number of nitrogens with one attached hydrogen (secondary N) is 1. The van der Waals surface area contributed by atoms with Gasteiger partial charge in [0, 0.05) is 18.2 Å². The van der Waals surface area contributed by atoms with Crippen LogP contribution in [0.4, 0.5) is 0 Å². The van der Waals surface area contributed by atoms with E-state index in [1.807, 2.05) is 36.4 Å². The summed E-state index contributed by atoms with van der Waals surface area (Å²) in [5.41, 5.74) is 3.88. The highest BCUT2D eigenvalue weighted by atomic mass is 32.2. The van der Waals surface area contributed by atoms with Crippen molar-refractivity contribution < 1.29 is 13.2 Å². The molecule has 0 radical (unpaired) electrons. The third kappa shape index (κ3) is 4.21. The van der Waals surface area contributed by atoms with Crippen LogP contribution in [-0.4, -0.2) is 41.4 Å². The monoisotopic (exact) mass is 449 g/mol. The van der Waals surface area contributed by atoms with Crippen molar-refractivity contribution >= 4 is 15.7 Å². The SMILES string of the molecule is O=S(=O)(NCCOc1ccc2nnc(-c3ccccc3)n2n1)c1ccc2c(c1)CCCC2. The summed E-state index contributed by atoms with van der Waals surface area (Å²) in [6.45, 7) is 0.276. The van der Waals surface area contributed by atoms with Gasteiger partial charge in [-0.05, 0) is 55.0 Å².